The first kappa shape index (κ1) is 19.7. The Labute approximate surface area is 179 Å². The third-order valence-electron chi connectivity index (χ3n) is 4.58. The molecule has 4 aromatic rings. The largest absolute Gasteiger partial charge is 0.497 e. The van der Waals surface area contributed by atoms with Gasteiger partial charge in [-0.05, 0) is 60.2 Å². The van der Waals surface area contributed by atoms with Gasteiger partial charge in [0.1, 0.15) is 11.4 Å². The second kappa shape index (κ2) is 8.80. The van der Waals surface area contributed by atoms with E-state index in [1.54, 1.807) is 42.4 Å². The van der Waals surface area contributed by atoms with E-state index in [1.807, 2.05) is 48.5 Å². The zero-order valence-electron chi connectivity index (χ0n) is 16.2. The number of nitrogens with zero attached hydrogens (tertiary/aromatic N) is 3. The molecule has 0 spiro atoms. The lowest BCUT2D eigenvalue weighted by Gasteiger charge is -2.08. The molecule has 4 rings (SSSR count). The zero-order chi connectivity index (χ0) is 20.9. The van der Waals surface area contributed by atoms with Crippen molar-refractivity contribution in [3.8, 4) is 22.7 Å². The summed E-state index contributed by atoms with van der Waals surface area (Å²) in [6, 6.07) is 20.2. The molecule has 0 saturated carbocycles. The van der Waals surface area contributed by atoms with Crippen molar-refractivity contribution in [2.24, 2.45) is 0 Å². The van der Waals surface area contributed by atoms with E-state index in [1.165, 1.54) is 0 Å². The van der Waals surface area contributed by atoms with Crippen LogP contribution in [0.25, 0.3) is 16.9 Å². The first-order valence-electron chi connectivity index (χ1n) is 9.31. The van der Waals surface area contributed by atoms with Crippen LogP contribution in [0.3, 0.4) is 0 Å². The first-order valence-corrected chi connectivity index (χ1v) is 9.69. The summed E-state index contributed by atoms with van der Waals surface area (Å²) in [6.07, 6.45) is 3.39. The van der Waals surface area contributed by atoms with Crippen molar-refractivity contribution in [3.63, 3.8) is 0 Å². The number of amides is 1. The first-order chi connectivity index (χ1) is 14.6. The predicted octanol–water partition coefficient (Wildman–Crippen LogP) is 4.53. The van der Waals surface area contributed by atoms with Crippen LogP contribution in [-0.2, 0) is 6.54 Å². The number of carbonyl (C=O) groups is 1. The Hall–Kier alpha value is -3.64. The van der Waals surface area contributed by atoms with Gasteiger partial charge in [-0.25, -0.2) is 4.68 Å². The Morgan fingerprint density at radius 1 is 1.07 bits per heavy atom. The van der Waals surface area contributed by atoms with Crippen LogP contribution in [0.1, 0.15) is 16.1 Å². The molecule has 2 aromatic heterocycles. The molecule has 0 unspecified atom stereocenters. The summed E-state index contributed by atoms with van der Waals surface area (Å²) in [5.74, 6) is 0.487. The van der Waals surface area contributed by atoms with Crippen LogP contribution in [0.5, 0.6) is 5.75 Å². The van der Waals surface area contributed by atoms with Gasteiger partial charge in [-0.15, -0.1) is 0 Å². The summed E-state index contributed by atoms with van der Waals surface area (Å²) >= 11 is 6.03. The van der Waals surface area contributed by atoms with Crippen LogP contribution >= 0.6 is 11.6 Å². The minimum atomic E-state index is -0.233. The maximum absolute atomic E-state index is 13.0. The van der Waals surface area contributed by atoms with Crippen molar-refractivity contribution < 1.29 is 9.53 Å². The summed E-state index contributed by atoms with van der Waals surface area (Å²) in [5, 5.41) is 8.24. The molecule has 0 aliphatic heterocycles. The minimum absolute atomic E-state index is 0.233. The average molecular weight is 419 g/mol. The molecule has 1 N–H and O–H groups in total. The molecule has 1 amide bonds. The van der Waals surface area contributed by atoms with Gasteiger partial charge in [-0.2, -0.15) is 5.10 Å². The fourth-order valence-corrected chi connectivity index (χ4v) is 3.14. The van der Waals surface area contributed by atoms with E-state index in [2.05, 4.69) is 15.4 Å². The van der Waals surface area contributed by atoms with Gasteiger partial charge in [0.05, 0.1) is 18.5 Å². The predicted molar refractivity (Wildman–Crippen MR) is 116 cm³/mol. The van der Waals surface area contributed by atoms with Crippen molar-refractivity contribution in [1.29, 1.82) is 0 Å². The number of carbonyl (C=O) groups excluding carboxylic acids is 1. The Bertz CT molecular complexity index is 1160. The van der Waals surface area contributed by atoms with E-state index >= 15 is 0 Å². The lowest BCUT2D eigenvalue weighted by atomic mass is 10.1. The molecule has 0 atom stereocenters. The van der Waals surface area contributed by atoms with Crippen LogP contribution in [0.4, 0.5) is 0 Å². The Morgan fingerprint density at radius 3 is 2.57 bits per heavy atom. The molecule has 0 bridgehead atoms. The molecular formula is C23H19ClN4O2. The van der Waals surface area contributed by atoms with Crippen LogP contribution in [0.2, 0.25) is 5.02 Å². The van der Waals surface area contributed by atoms with Crippen molar-refractivity contribution in [2.75, 3.05) is 7.11 Å². The molecule has 150 valence electrons. The van der Waals surface area contributed by atoms with E-state index in [0.717, 1.165) is 22.6 Å². The van der Waals surface area contributed by atoms with Gasteiger partial charge in [0.25, 0.3) is 5.91 Å². The van der Waals surface area contributed by atoms with Crippen LogP contribution in [-0.4, -0.2) is 27.8 Å². The number of hydrogen-bond acceptors (Lipinski definition) is 4. The lowest BCUT2D eigenvalue weighted by molar-refractivity contribution is 0.0943. The molecule has 0 aliphatic rings. The summed E-state index contributed by atoms with van der Waals surface area (Å²) in [6.45, 7) is 0.391. The zero-order valence-corrected chi connectivity index (χ0v) is 17.0. The number of nitrogens with one attached hydrogen (secondary N) is 1. The highest BCUT2D eigenvalue weighted by Crippen LogP contribution is 2.25. The fraction of sp³-hybridized carbons (Fsp3) is 0.0870. The van der Waals surface area contributed by atoms with E-state index in [4.69, 9.17) is 16.3 Å². The summed E-state index contributed by atoms with van der Waals surface area (Å²) in [7, 11) is 1.61. The minimum Gasteiger partial charge on any atom is -0.497 e. The van der Waals surface area contributed by atoms with Crippen molar-refractivity contribution >= 4 is 17.5 Å². The molecule has 0 saturated heterocycles. The number of pyridine rings is 1. The number of hydrogen-bond donors (Lipinski definition) is 1. The third-order valence-corrected chi connectivity index (χ3v) is 4.83. The fourth-order valence-electron chi connectivity index (χ4n) is 3.02. The quantitative estimate of drug-likeness (QED) is 0.499. The molecular weight excluding hydrogens is 400 g/mol. The summed E-state index contributed by atoms with van der Waals surface area (Å²) < 4.78 is 6.93. The average Bonchev–Trinajstić information content (AvgIpc) is 3.24. The number of aromatic nitrogens is 3. The van der Waals surface area contributed by atoms with Gasteiger partial charge in [0.15, 0.2) is 0 Å². The topological polar surface area (TPSA) is 69.0 Å². The van der Waals surface area contributed by atoms with Crippen molar-refractivity contribution in [3.05, 3.63) is 95.4 Å². The molecule has 2 aromatic carbocycles. The van der Waals surface area contributed by atoms with Gasteiger partial charge in [-0.1, -0.05) is 23.7 Å². The van der Waals surface area contributed by atoms with Gasteiger partial charge < -0.3 is 10.1 Å². The van der Waals surface area contributed by atoms with E-state index < -0.39 is 0 Å². The van der Waals surface area contributed by atoms with Crippen molar-refractivity contribution in [2.45, 2.75) is 6.54 Å². The second-order valence-electron chi connectivity index (χ2n) is 6.57. The lowest BCUT2D eigenvalue weighted by Crippen LogP contribution is -2.25. The molecule has 0 aliphatic carbocycles. The number of benzene rings is 2. The Kier molecular flexibility index (Phi) is 5.77. The molecule has 0 radical (unpaired) electrons. The monoisotopic (exact) mass is 418 g/mol. The normalized spacial score (nSPS) is 10.6. The van der Waals surface area contributed by atoms with Crippen LogP contribution in [0, 0.1) is 0 Å². The molecule has 7 heteroatoms. The van der Waals surface area contributed by atoms with E-state index in [-0.39, 0.29) is 5.91 Å². The number of halogens is 1. The third kappa shape index (κ3) is 4.34. The number of methoxy groups -OCH3 is 1. The van der Waals surface area contributed by atoms with Gasteiger partial charge in [-0.3, -0.25) is 9.78 Å². The molecule has 30 heavy (non-hydrogen) atoms. The molecule has 6 nitrogen and oxygen atoms in total. The molecule has 2 heterocycles. The Balaban J connectivity index is 1.70. The summed E-state index contributed by atoms with van der Waals surface area (Å²) in [4.78, 5) is 17.0. The van der Waals surface area contributed by atoms with Gasteiger partial charge in [0, 0.05) is 29.5 Å². The number of rotatable bonds is 6. The maximum Gasteiger partial charge on any atom is 0.270 e. The summed E-state index contributed by atoms with van der Waals surface area (Å²) in [5.41, 5.74) is 3.64. The van der Waals surface area contributed by atoms with Crippen LogP contribution in [0.15, 0.2) is 79.1 Å². The maximum atomic E-state index is 13.0. The van der Waals surface area contributed by atoms with Gasteiger partial charge in [0.2, 0.25) is 0 Å². The highest BCUT2D eigenvalue weighted by Gasteiger charge is 2.18. The second-order valence-corrected chi connectivity index (χ2v) is 7.01. The Morgan fingerprint density at radius 2 is 1.83 bits per heavy atom. The highest BCUT2D eigenvalue weighted by atomic mass is 35.5. The highest BCUT2D eigenvalue weighted by molar-refractivity contribution is 6.30. The van der Waals surface area contributed by atoms with Crippen molar-refractivity contribution in [1.82, 2.24) is 20.1 Å². The van der Waals surface area contributed by atoms with Gasteiger partial charge >= 0.3 is 0 Å². The number of ether oxygens (including phenoxy) is 1. The standard InChI is InChI=1S/C23H19ClN4O2/c1-30-20-4-2-3-17(13-20)21-14-22(23(29)26-15-16-9-11-25-12-10-16)28(27-21)19-7-5-18(24)6-8-19/h2-14H,15H2,1H3,(H,26,29). The molecule has 0 fully saturated rings. The van der Waals surface area contributed by atoms with Crippen LogP contribution < -0.4 is 10.1 Å². The SMILES string of the molecule is COc1cccc(-c2cc(C(=O)NCc3ccncc3)n(-c3ccc(Cl)cc3)n2)c1. The smallest absolute Gasteiger partial charge is 0.270 e. The van der Waals surface area contributed by atoms with E-state index in [9.17, 15) is 4.79 Å². The van der Waals surface area contributed by atoms with E-state index in [0.29, 0.717) is 23.0 Å².